The number of halogens is 4. The average Bonchev–Trinajstić information content (AvgIpc) is 3.69. The zero-order chi connectivity index (χ0) is 38.5. The molecule has 0 spiro atoms. The van der Waals surface area contributed by atoms with E-state index >= 15 is 4.39 Å². The molecule has 2 saturated heterocycles. The highest BCUT2D eigenvalue weighted by molar-refractivity contribution is 5.92. The number of hydrogen-bond donors (Lipinski definition) is 3. The van der Waals surface area contributed by atoms with Crippen LogP contribution in [0.4, 0.5) is 23.2 Å². The quantitative estimate of drug-likeness (QED) is 0.136. The smallest absolute Gasteiger partial charge is 0.284 e. The molecule has 2 aliphatic heterocycles. The highest BCUT2D eigenvalue weighted by Gasteiger charge is 2.27. The number of nitrogens with zero attached hydrogens (tertiary/aromatic N) is 6. The summed E-state index contributed by atoms with van der Waals surface area (Å²) in [6.45, 7) is 7.20. The van der Waals surface area contributed by atoms with Gasteiger partial charge in [-0.3, -0.25) is 34.5 Å². The molecule has 5 aromatic heterocycles. The molecular formula is C38H43F4N9O4. The summed E-state index contributed by atoms with van der Waals surface area (Å²) >= 11 is 0. The van der Waals surface area contributed by atoms with Gasteiger partial charge in [0.05, 0.1) is 22.4 Å². The molecule has 0 atom stereocenters. The van der Waals surface area contributed by atoms with Crippen molar-refractivity contribution in [3.63, 3.8) is 0 Å². The number of alkyl halides is 2. The number of fused-ring (bicyclic) bond motifs is 2. The molecule has 0 aromatic carbocycles. The predicted molar refractivity (Wildman–Crippen MR) is 200 cm³/mol. The summed E-state index contributed by atoms with van der Waals surface area (Å²) in [5.41, 5.74) is 3.11. The number of piperazine rings is 1. The summed E-state index contributed by atoms with van der Waals surface area (Å²) in [6.07, 6.45) is 3.46. The Kier molecular flexibility index (Phi) is 13.1. The Morgan fingerprint density at radius 2 is 1.45 bits per heavy atom. The van der Waals surface area contributed by atoms with Crippen molar-refractivity contribution < 1.29 is 27.2 Å². The molecule has 2 aliphatic rings. The SMILES string of the molecule is C.CCc1cc2cnc(C=O)c(F)c2[nH]c1=O.CCc1cc2cnc(CN3CCN(c4ccc(C(=O)NN5CCCC5)nc4C(F)F)CC3)c(F)c2[nH]c1=O. The minimum absolute atomic E-state index is 0. The Hall–Kier alpha value is -5.55. The molecule has 0 aliphatic carbocycles. The molecule has 2 fully saturated rings. The largest absolute Gasteiger partial charge is 0.367 e. The summed E-state index contributed by atoms with van der Waals surface area (Å²) in [4.78, 5) is 67.4. The van der Waals surface area contributed by atoms with Gasteiger partial charge in [-0.2, -0.15) is 0 Å². The molecule has 7 rings (SSSR count). The fourth-order valence-electron chi connectivity index (χ4n) is 6.55. The van der Waals surface area contributed by atoms with Crippen molar-refractivity contribution in [3.05, 3.63) is 103 Å². The summed E-state index contributed by atoms with van der Waals surface area (Å²) in [7, 11) is 0. The van der Waals surface area contributed by atoms with Gasteiger partial charge in [-0.15, -0.1) is 0 Å². The number of carbonyl (C=O) groups is 2. The van der Waals surface area contributed by atoms with Gasteiger partial charge in [-0.05, 0) is 49.9 Å². The van der Waals surface area contributed by atoms with Crippen LogP contribution in [0.15, 0.2) is 46.2 Å². The van der Waals surface area contributed by atoms with Crippen LogP contribution in [-0.2, 0) is 19.4 Å². The maximum atomic E-state index is 15.2. The van der Waals surface area contributed by atoms with Gasteiger partial charge in [0.2, 0.25) is 0 Å². The van der Waals surface area contributed by atoms with Crippen LogP contribution in [-0.4, -0.2) is 86.3 Å². The van der Waals surface area contributed by atoms with E-state index in [9.17, 15) is 32.3 Å². The summed E-state index contributed by atoms with van der Waals surface area (Å²) in [6, 6.07) is 6.23. The fourth-order valence-corrected chi connectivity index (χ4v) is 6.55. The second kappa shape index (κ2) is 17.7. The first-order valence-corrected chi connectivity index (χ1v) is 17.7. The summed E-state index contributed by atoms with van der Waals surface area (Å²) < 4.78 is 56.6. The molecule has 0 saturated carbocycles. The summed E-state index contributed by atoms with van der Waals surface area (Å²) in [5.74, 6) is -1.84. The maximum absolute atomic E-state index is 15.2. The van der Waals surface area contributed by atoms with Crippen LogP contribution in [0, 0.1) is 11.6 Å². The normalized spacial score (nSPS) is 14.9. The van der Waals surface area contributed by atoms with Crippen LogP contribution in [0.3, 0.4) is 0 Å². The van der Waals surface area contributed by atoms with E-state index in [1.165, 1.54) is 18.3 Å². The second-order valence-corrected chi connectivity index (χ2v) is 13.0. The number of amides is 1. The first kappa shape index (κ1) is 40.6. The van der Waals surface area contributed by atoms with Crippen LogP contribution in [0.1, 0.15) is 84.0 Å². The van der Waals surface area contributed by atoms with Gasteiger partial charge in [-0.1, -0.05) is 21.3 Å². The Morgan fingerprint density at radius 3 is 2.02 bits per heavy atom. The number of nitrogens with one attached hydrogen (secondary N) is 3. The number of anilines is 1. The van der Waals surface area contributed by atoms with Crippen LogP contribution in [0.5, 0.6) is 0 Å². The molecule has 3 N–H and O–H groups in total. The molecule has 13 nitrogen and oxygen atoms in total. The van der Waals surface area contributed by atoms with Gasteiger partial charge in [0.15, 0.2) is 17.9 Å². The van der Waals surface area contributed by atoms with Crippen LogP contribution >= 0.6 is 0 Å². The van der Waals surface area contributed by atoms with Gasteiger partial charge in [0.1, 0.15) is 17.1 Å². The lowest BCUT2D eigenvalue weighted by molar-refractivity contribution is 0.0818. The third-order valence-corrected chi connectivity index (χ3v) is 9.58. The Labute approximate surface area is 313 Å². The highest BCUT2D eigenvalue weighted by Crippen LogP contribution is 2.30. The van der Waals surface area contributed by atoms with Gasteiger partial charge in [-0.25, -0.2) is 32.5 Å². The minimum Gasteiger partial charge on any atom is -0.367 e. The number of hydrazine groups is 1. The summed E-state index contributed by atoms with van der Waals surface area (Å²) in [5, 5.41) is 2.80. The third-order valence-electron chi connectivity index (χ3n) is 9.58. The van der Waals surface area contributed by atoms with Crippen molar-refractivity contribution in [2.24, 2.45) is 0 Å². The van der Waals surface area contributed by atoms with E-state index in [1.807, 2.05) is 18.7 Å². The van der Waals surface area contributed by atoms with Gasteiger partial charge >= 0.3 is 0 Å². The molecule has 292 valence electrons. The number of H-pyrrole nitrogens is 2. The first-order valence-electron chi connectivity index (χ1n) is 17.7. The molecule has 17 heteroatoms. The van der Waals surface area contributed by atoms with Crippen molar-refractivity contribution in [2.45, 2.75) is 59.9 Å². The monoisotopic (exact) mass is 765 g/mol. The minimum atomic E-state index is -2.84. The molecular weight excluding hydrogens is 722 g/mol. The van der Waals surface area contributed by atoms with Crippen molar-refractivity contribution in [3.8, 4) is 0 Å². The van der Waals surface area contributed by atoms with E-state index in [1.54, 1.807) is 28.2 Å². The van der Waals surface area contributed by atoms with Crippen LogP contribution in [0.25, 0.3) is 21.8 Å². The highest BCUT2D eigenvalue weighted by atomic mass is 19.3. The number of aromatic nitrogens is 5. The number of aryl methyl sites for hydroxylation is 2. The third kappa shape index (κ3) is 8.89. The molecule has 1 amide bonds. The van der Waals surface area contributed by atoms with Crippen molar-refractivity contribution >= 4 is 39.7 Å². The lowest BCUT2D eigenvalue weighted by atomic mass is 10.1. The lowest BCUT2D eigenvalue weighted by Gasteiger charge is -2.36. The maximum Gasteiger partial charge on any atom is 0.284 e. The van der Waals surface area contributed by atoms with E-state index in [0.29, 0.717) is 67.2 Å². The Morgan fingerprint density at radius 1 is 0.873 bits per heavy atom. The number of carbonyl (C=O) groups excluding carboxylic acids is 2. The van der Waals surface area contributed by atoms with Crippen molar-refractivity contribution in [2.75, 3.05) is 44.2 Å². The zero-order valence-corrected chi connectivity index (χ0v) is 29.7. The number of pyridine rings is 5. The van der Waals surface area contributed by atoms with E-state index in [-0.39, 0.29) is 58.9 Å². The topological polar surface area (TPSA) is 160 Å². The van der Waals surface area contributed by atoms with Gasteiger partial charge in [0.25, 0.3) is 23.5 Å². The Bertz CT molecular complexity index is 2300. The zero-order valence-electron chi connectivity index (χ0n) is 29.7. The Balaban J connectivity index is 0.000000286. The first-order chi connectivity index (χ1) is 26.0. The molecule has 55 heavy (non-hydrogen) atoms. The van der Waals surface area contributed by atoms with Gasteiger partial charge < -0.3 is 14.9 Å². The molecule has 0 unspecified atom stereocenters. The molecule has 7 heterocycles. The number of hydrogen-bond acceptors (Lipinski definition) is 10. The number of rotatable bonds is 9. The second-order valence-electron chi connectivity index (χ2n) is 13.0. The number of aromatic amines is 2. The van der Waals surface area contributed by atoms with Crippen molar-refractivity contribution in [1.29, 1.82) is 0 Å². The van der Waals surface area contributed by atoms with E-state index < -0.39 is 29.7 Å². The molecule has 5 aromatic rings. The van der Waals surface area contributed by atoms with E-state index in [2.05, 4.69) is 30.3 Å². The average molecular weight is 766 g/mol. The standard InChI is InChI=1S/C26H30F3N7O2.C11H9FN2O2.CH4/c1-2-16-13-17-14-30-19(21(27)22(17)32-25(16)37)15-34-9-11-35(12-10-34)20-6-5-18(31-23(20)24(28)29)26(38)33-36-7-3-4-8-36;1-2-6-3-7-4-13-8(5-15)9(12)10(7)14-11(6)16;/h5-6,13-14,24H,2-4,7-12,15H2,1H3,(H,32,37)(H,33,38);3-5H,2H2,1H3,(H,14,16);1H4. The number of aldehydes is 1. The van der Waals surface area contributed by atoms with Crippen LogP contribution in [0.2, 0.25) is 0 Å². The molecule has 0 radical (unpaired) electrons. The molecule has 0 bridgehead atoms. The predicted octanol–water partition coefficient (Wildman–Crippen LogP) is 5.09. The van der Waals surface area contributed by atoms with Crippen molar-refractivity contribution in [1.82, 2.24) is 40.3 Å². The lowest BCUT2D eigenvalue weighted by Crippen LogP contribution is -2.46. The fraction of sp³-hybridized carbons (Fsp3) is 0.395. The van der Waals surface area contributed by atoms with Crippen LogP contribution < -0.4 is 21.4 Å². The van der Waals surface area contributed by atoms with E-state index in [0.717, 1.165) is 25.9 Å². The van der Waals surface area contributed by atoms with Gasteiger partial charge in [0, 0.05) is 80.1 Å². The van der Waals surface area contributed by atoms with E-state index in [4.69, 9.17) is 0 Å².